The highest BCUT2D eigenvalue weighted by Crippen LogP contribution is 2.17. The molecule has 6 nitrogen and oxygen atoms in total. The van der Waals surface area contributed by atoms with Crippen molar-refractivity contribution < 1.29 is 28.6 Å². The lowest BCUT2D eigenvalue weighted by Crippen LogP contribution is -2.30. The summed E-state index contributed by atoms with van der Waals surface area (Å²) in [5, 5.41) is 0. The minimum atomic E-state index is -0.772. The standard InChI is InChI=1S/C64H120O6/c1-4-7-10-13-16-19-22-25-27-29-31-32-33-35-36-39-42-45-48-51-54-57-63(66)69-60-61(59-68-62(65)56-53-50-47-44-41-38-24-21-18-15-12-9-6-3)70-64(67)58-55-52-49-46-43-40-37-34-30-28-26-23-20-17-14-11-8-5-2/h21,24,29,31,61H,4-20,22-23,25-28,30,32-60H2,1-3H3/b24-21-,31-29-. The lowest BCUT2D eigenvalue weighted by Gasteiger charge is -2.18. The first-order valence-electron chi connectivity index (χ1n) is 31.3. The zero-order valence-corrected chi connectivity index (χ0v) is 47.3. The first-order chi connectivity index (χ1) is 34.5. The molecule has 70 heavy (non-hydrogen) atoms. The molecule has 1 unspecified atom stereocenters. The van der Waals surface area contributed by atoms with Gasteiger partial charge >= 0.3 is 17.9 Å². The van der Waals surface area contributed by atoms with Gasteiger partial charge in [-0.3, -0.25) is 14.4 Å². The number of carbonyl (C=O) groups is 3. The second-order valence-electron chi connectivity index (χ2n) is 21.3. The Kier molecular flexibility index (Phi) is 57.7. The van der Waals surface area contributed by atoms with Crippen molar-refractivity contribution >= 4 is 17.9 Å². The van der Waals surface area contributed by atoms with Crippen molar-refractivity contribution in [2.45, 2.75) is 354 Å². The predicted octanol–water partition coefficient (Wildman–Crippen LogP) is 21.1. The molecule has 0 radical (unpaired) electrons. The molecule has 0 aromatic rings. The summed E-state index contributed by atoms with van der Waals surface area (Å²) in [5.74, 6) is -0.857. The van der Waals surface area contributed by atoms with Crippen LogP contribution in [0.5, 0.6) is 0 Å². The van der Waals surface area contributed by atoms with Crippen LogP contribution in [0.3, 0.4) is 0 Å². The van der Waals surface area contributed by atoms with Crippen molar-refractivity contribution in [3.05, 3.63) is 24.3 Å². The van der Waals surface area contributed by atoms with Crippen LogP contribution in [0, 0.1) is 0 Å². The monoisotopic (exact) mass is 985 g/mol. The molecule has 0 saturated heterocycles. The Balaban J connectivity index is 4.29. The lowest BCUT2D eigenvalue weighted by atomic mass is 10.0. The molecule has 0 aromatic carbocycles. The minimum absolute atomic E-state index is 0.0702. The molecule has 0 heterocycles. The van der Waals surface area contributed by atoms with E-state index in [2.05, 4.69) is 45.1 Å². The van der Waals surface area contributed by atoms with Crippen LogP contribution in [0.4, 0.5) is 0 Å². The Morgan fingerprint density at radius 2 is 0.471 bits per heavy atom. The van der Waals surface area contributed by atoms with Crippen LogP contribution in [0.2, 0.25) is 0 Å². The van der Waals surface area contributed by atoms with Gasteiger partial charge in [-0.1, -0.05) is 283 Å². The molecule has 0 N–H and O–H groups in total. The zero-order chi connectivity index (χ0) is 50.7. The average molecular weight is 986 g/mol. The van der Waals surface area contributed by atoms with E-state index in [9.17, 15) is 14.4 Å². The van der Waals surface area contributed by atoms with Gasteiger partial charge in [0.25, 0.3) is 0 Å². The van der Waals surface area contributed by atoms with E-state index in [0.29, 0.717) is 19.3 Å². The van der Waals surface area contributed by atoms with Crippen molar-refractivity contribution in [1.29, 1.82) is 0 Å². The van der Waals surface area contributed by atoms with Crippen LogP contribution in [-0.2, 0) is 28.6 Å². The average Bonchev–Trinajstić information content (AvgIpc) is 3.36. The van der Waals surface area contributed by atoms with E-state index in [1.807, 2.05) is 0 Å². The van der Waals surface area contributed by atoms with Crippen molar-refractivity contribution in [1.82, 2.24) is 0 Å². The fourth-order valence-corrected chi connectivity index (χ4v) is 9.44. The first kappa shape index (κ1) is 67.9. The van der Waals surface area contributed by atoms with Gasteiger partial charge in [-0.2, -0.15) is 0 Å². The van der Waals surface area contributed by atoms with E-state index in [1.165, 1.54) is 244 Å². The zero-order valence-electron chi connectivity index (χ0n) is 47.3. The molecule has 0 aliphatic rings. The number of carbonyl (C=O) groups excluding carboxylic acids is 3. The molecule has 0 rings (SSSR count). The molecular weight excluding hydrogens is 865 g/mol. The van der Waals surface area contributed by atoms with Gasteiger partial charge in [0, 0.05) is 19.3 Å². The molecule has 0 fully saturated rings. The largest absolute Gasteiger partial charge is 0.462 e. The molecule has 0 aliphatic carbocycles. The molecule has 0 spiro atoms. The van der Waals surface area contributed by atoms with Crippen molar-refractivity contribution in [3.63, 3.8) is 0 Å². The second kappa shape index (κ2) is 59.5. The Labute approximate surface area is 436 Å². The third-order valence-electron chi connectivity index (χ3n) is 14.2. The quantitative estimate of drug-likeness (QED) is 0.0261. The molecule has 0 aromatic heterocycles. The van der Waals surface area contributed by atoms with E-state index in [1.54, 1.807) is 0 Å². The van der Waals surface area contributed by atoms with E-state index >= 15 is 0 Å². The van der Waals surface area contributed by atoms with E-state index < -0.39 is 6.10 Å². The van der Waals surface area contributed by atoms with Crippen LogP contribution < -0.4 is 0 Å². The maximum absolute atomic E-state index is 12.9. The number of hydrogen-bond acceptors (Lipinski definition) is 6. The first-order valence-corrected chi connectivity index (χ1v) is 31.3. The minimum Gasteiger partial charge on any atom is -0.462 e. The number of allylic oxidation sites excluding steroid dienone is 4. The summed E-state index contributed by atoms with van der Waals surface area (Å²) < 4.78 is 16.9. The highest BCUT2D eigenvalue weighted by molar-refractivity contribution is 5.71. The Morgan fingerprint density at radius 3 is 0.729 bits per heavy atom. The highest BCUT2D eigenvalue weighted by Gasteiger charge is 2.19. The van der Waals surface area contributed by atoms with Gasteiger partial charge in [0.05, 0.1) is 0 Å². The van der Waals surface area contributed by atoms with Crippen molar-refractivity contribution in [2.24, 2.45) is 0 Å². The predicted molar refractivity (Wildman–Crippen MR) is 303 cm³/mol. The Morgan fingerprint density at radius 1 is 0.271 bits per heavy atom. The molecule has 0 saturated carbocycles. The molecule has 1 atom stereocenters. The van der Waals surface area contributed by atoms with Gasteiger partial charge in [-0.15, -0.1) is 0 Å². The topological polar surface area (TPSA) is 78.9 Å². The summed E-state index contributed by atoms with van der Waals surface area (Å²) in [7, 11) is 0. The molecule has 6 heteroatoms. The summed E-state index contributed by atoms with van der Waals surface area (Å²) in [6.45, 7) is 6.68. The third kappa shape index (κ3) is 56.8. The number of esters is 3. The number of hydrogen-bond donors (Lipinski definition) is 0. The molecule has 0 bridgehead atoms. The number of unbranched alkanes of at least 4 members (excludes halogenated alkanes) is 43. The fourth-order valence-electron chi connectivity index (χ4n) is 9.44. The summed E-state index contributed by atoms with van der Waals surface area (Å²) in [5.41, 5.74) is 0. The highest BCUT2D eigenvalue weighted by atomic mass is 16.6. The van der Waals surface area contributed by atoms with Crippen LogP contribution in [0.15, 0.2) is 24.3 Å². The van der Waals surface area contributed by atoms with Gasteiger partial charge in [0.15, 0.2) is 6.10 Å². The summed E-state index contributed by atoms with van der Waals surface area (Å²) in [6, 6.07) is 0. The van der Waals surface area contributed by atoms with Crippen LogP contribution in [0.1, 0.15) is 348 Å². The van der Waals surface area contributed by atoms with Gasteiger partial charge in [0.1, 0.15) is 13.2 Å². The SMILES string of the molecule is CCCCCC/C=C\CCCCCCCC(=O)OCC(COC(=O)CCCCCCCCCCC/C=C\CCCCCCCCCC)OC(=O)CCCCCCCCCCCCCCCCCCCC. The smallest absolute Gasteiger partial charge is 0.306 e. The normalized spacial score (nSPS) is 12.1. The van der Waals surface area contributed by atoms with Crippen LogP contribution in [-0.4, -0.2) is 37.2 Å². The van der Waals surface area contributed by atoms with E-state index in [-0.39, 0.29) is 31.1 Å². The van der Waals surface area contributed by atoms with Gasteiger partial charge in [0.2, 0.25) is 0 Å². The van der Waals surface area contributed by atoms with Crippen LogP contribution in [0.25, 0.3) is 0 Å². The van der Waals surface area contributed by atoms with Crippen LogP contribution >= 0.6 is 0 Å². The molecule has 0 amide bonds. The Hall–Kier alpha value is -2.11. The van der Waals surface area contributed by atoms with E-state index in [0.717, 1.165) is 64.2 Å². The van der Waals surface area contributed by atoms with Crippen molar-refractivity contribution in [2.75, 3.05) is 13.2 Å². The number of ether oxygens (including phenoxy) is 3. The maximum Gasteiger partial charge on any atom is 0.306 e. The molecular formula is C64H120O6. The maximum atomic E-state index is 12.9. The van der Waals surface area contributed by atoms with E-state index in [4.69, 9.17) is 14.2 Å². The van der Waals surface area contributed by atoms with Gasteiger partial charge in [-0.25, -0.2) is 0 Å². The van der Waals surface area contributed by atoms with Gasteiger partial charge in [-0.05, 0) is 70.6 Å². The Bertz CT molecular complexity index is 1130. The fraction of sp³-hybridized carbons (Fsp3) is 0.891. The second-order valence-corrected chi connectivity index (χ2v) is 21.3. The molecule has 412 valence electrons. The summed E-state index contributed by atoms with van der Waals surface area (Å²) >= 11 is 0. The number of rotatable bonds is 58. The third-order valence-corrected chi connectivity index (χ3v) is 14.2. The van der Waals surface area contributed by atoms with Crippen molar-refractivity contribution in [3.8, 4) is 0 Å². The van der Waals surface area contributed by atoms with Gasteiger partial charge < -0.3 is 14.2 Å². The summed E-state index contributed by atoms with van der Waals surface area (Å²) in [6.07, 6.45) is 70.4. The summed E-state index contributed by atoms with van der Waals surface area (Å²) in [4.78, 5) is 38.2. The molecule has 0 aliphatic heterocycles. The lowest BCUT2D eigenvalue weighted by molar-refractivity contribution is -0.167.